The molecule has 1 aromatic carbocycles. The van der Waals surface area contributed by atoms with Gasteiger partial charge in [-0.2, -0.15) is 0 Å². The minimum absolute atomic E-state index is 0.0161. The first-order valence-electron chi connectivity index (χ1n) is 4.89. The summed E-state index contributed by atoms with van der Waals surface area (Å²) in [6.45, 7) is 0.0902. The van der Waals surface area contributed by atoms with E-state index >= 15 is 0 Å². The van der Waals surface area contributed by atoms with Crippen LogP contribution in [0, 0.1) is 0 Å². The minimum Gasteiger partial charge on any atom is -0.394 e. The Bertz CT molecular complexity index is 385. The van der Waals surface area contributed by atoms with E-state index in [0.29, 0.717) is 0 Å². The van der Waals surface area contributed by atoms with Gasteiger partial charge in [-0.3, -0.25) is 0 Å². The lowest BCUT2D eigenvalue weighted by atomic mass is 10.1. The van der Waals surface area contributed by atoms with Crippen LogP contribution in [-0.2, 0) is 6.42 Å². The zero-order chi connectivity index (χ0) is 10.5. The Morgan fingerprint density at radius 2 is 1.80 bits per heavy atom. The molecule has 0 unspecified atom stereocenters. The number of aliphatic hydroxyl groups excluding tert-OH is 1. The summed E-state index contributed by atoms with van der Waals surface area (Å²) < 4.78 is 1.83. The van der Waals surface area contributed by atoms with Gasteiger partial charge in [-0.25, -0.2) is 0 Å². The van der Waals surface area contributed by atoms with Gasteiger partial charge in [0.2, 0.25) is 0 Å². The molecule has 4 heteroatoms. The summed E-state index contributed by atoms with van der Waals surface area (Å²) in [4.78, 5) is 0. The zero-order valence-electron chi connectivity index (χ0n) is 8.32. The number of rotatable bonds is 4. The van der Waals surface area contributed by atoms with Gasteiger partial charge < -0.3 is 9.67 Å². The van der Waals surface area contributed by atoms with Crippen LogP contribution >= 0.6 is 0 Å². The molecule has 2 aromatic rings. The molecule has 1 atom stereocenters. The van der Waals surface area contributed by atoms with E-state index in [9.17, 15) is 5.11 Å². The highest BCUT2D eigenvalue weighted by Gasteiger charge is 2.09. The van der Waals surface area contributed by atoms with Crippen molar-refractivity contribution in [3.63, 3.8) is 0 Å². The van der Waals surface area contributed by atoms with Crippen LogP contribution in [-0.4, -0.2) is 26.5 Å². The summed E-state index contributed by atoms with van der Waals surface area (Å²) >= 11 is 0. The van der Waals surface area contributed by atoms with Crippen LogP contribution in [0.25, 0.3) is 0 Å². The Morgan fingerprint density at radius 3 is 2.40 bits per heavy atom. The van der Waals surface area contributed by atoms with E-state index in [2.05, 4.69) is 10.2 Å². The van der Waals surface area contributed by atoms with E-state index in [1.54, 1.807) is 12.7 Å². The first kappa shape index (κ1) is 9.86. The lowest BCUT2D eigenvalue weighted by Gasteiger charge is -2.14. The maximum Gasteiger partial charge on any atom is 0.119 e. The van der Waals surface area contributed by atoms with Crippen molar-refractivity contribution in [2.24, 2.45) is 0 Å². The van der Waals surface area contributed by atoms with E-state index in [1.165, 1.54) is 5.56 Å². The van der Waals surface area contributed by atoms with Crippen LogP contribution in [0.2, 0.25) is 0 Å². The molecule has 0 aliphatic rings. The molecule has 0 saturated carbocycles. The first-order valence-corrected chi connectivity index (χ1v) is 4.89. The van der Waals surface area contributed by atoms with Gasteiger partial charge in [-0.05, 0) is 12.0 Å². The molecular weight excluding hydrogens is 190 g/mol. The predicted molar refractivity (Wildman–Crippen MR) is 56.3 cm³/mol. The third-order valence-electron chi connectivity index (χ3n) is 2.38. The Labute approximate surface area is 88.2 Å². The molecule has 0 spiro atoms. The Balaban J connectivity index is 2.10. The van der Waals surface area contributed by atoms with Gasteiger partial charge in [0.15, 0.2) is 0 Å². The molecule has 1 aromatic heterocycles. The van der Waals surface area contributed by atoms with E-state index < -0.39 is 0 Å². The lowest BCUT2D eigenvalue weighted by molar-refractivity contribution is 0.227. The van der Waals surface area contributed by atoms with E-state index in [1.807, 2.05) is 34.9 Å². The number of nitrogens with zero attached hydrogens (tertiary/aromatic N) is 3. The number of aromatic nitrogens is 3. The van der Waals surface area contributed by atoms with Crippen molar-refractivity contribution in [2.45, 2.75) is 12.5 Å². The standard InChI is InChI=1S/C11H13N3O/c15-7-11(14-8-12-13-9-14)6-10-4-2-1-3-5-10/h1-5,8-9,11,15H,6-7H2/t11-/m0/s1. The SMILES string of the molecule is OC[C@H](Cc1ccccc1)n1cnnc1. The highest BCUT2D eigenvalue weighted by atomic mass is 16.3. The number of hydrogen-bond donors (Lipinski definition) is 1. The number of benzene rings is 1. The molecule has 0 aliphatic carbocycles. The van der Waals surface area contributed by atoms with Crippen LogP contribution in [0.15, 0.2) is 43.0 Å². The molecule has 0 radical (unpaired) electrons. The second-order valence-electron chi connectivity index (χ2n) is 3.44. The molecule has 0 saturated heterocycles. The van der Waals surface area contributed by atoms with Gasteiger partial charge >= 0.3 is 0 Å². The van der Waals surface area contributed by atoms with E-state index in [0.717, 1.165) is 6.42 Å². The van der Waals surface area contributed by atoms with Crippen molar-refractivity contribution in [2.75, 3.05) is 6.61 Å². The summed E-state index contributed by atoms with van der Waals surface area (Å²) in [6.07, 6.45) is 4.04. The van der Waals surface area contributed by atoms with Crippen LogP contribution in [0.1, 0.15) is 11.6 Å². The van der Waals surface area contributed by atoms with Crippen LogP contribution in [0.4, 0.5) is 0 Å². The highest BCUT2D eigenvalue weighted by Crippen LogP contribution is 2.12. The fourth-order valence-electron chi connectivity index (χ4n) is 1.55. The second-order valence-corrected chi connectivity index (χ2v) is 3.44. The van der Waals surface area contributed by atoms with Gasteiger partial charge in [0.05, 0.1) is 12.6 Å². The van der Waals surface area contributed by atoms with Crippen molar-refractivity contribution in [3.8, 4) is 0 Å². The summed E-state index contributed by atoms with van der Waals surface area (Å²) in [7, 11) is 0. The van der Waals surface area contributed by atoms with Crippen molar-refractivity contribution in [1.29, 1.82) is 0 Å². The molecule has 78 valence electrons. The molecule has 1 N–H and O–H groups in total. The fourth-order valence-corrected chi connectivity index (χ4v) is 1.55. The molecular formula is C11H13N3O. The number of hydrogen-bond acceptors (Lipinski definition) is 3. The van der Waals surface area contributed by atoms with Gasteiger partial charge in [0.1, 0.15) is 12.7 Å². The smallest absolute Gasteiger partial charge is 0.119 e. The molecule has 15 heavy (non-hydrogen) atoms. The fraction of sp³-hybridized carbons (Fsp3) is 0.273. The maximum atomic E-state index is 9.28. The summed E-state index contributed by atoms with van der Waals surface area (Å²) in [6, 6.07) is 10.1. The Kier molecular flexibility index (Phi) is 3.09. The van der Waals surface area contributed by atoms with Gasteiger partial charge in [-0.15, -0.1) is 10.2 Å². The van der Waals surface area contributed by atoms with Crippen molar-refractivity contribution >= 4 is 0 Å². The van der Waals surface area contributed by atoms with E-state index in [4.69, 9.17) is 0 Å². The largest absolute Gasteiger partial charge is 0.394 e. The Hall–Kier alpha value is -1.68. The topological polar surface area (TPSA) is 50.9 Å². The van der Waals surface area contributed by atoms with Crippen LogP contribution < -0.4 is 0 Å². The summed E-state index contributed by atoms with van der Waals surface area (Å²) in [5.41, 5.74) is 1.20. The molecule has 0 bridgehead atoms. The first-order chi connectivity index (χ1) is 7.40. The second kappa shape index (κ2) is 4.70. The molecule has 0 amide bonds. The van der Waals surface area contributed by atoms with Gasteiger partial charge in [0, 0.05) is 0 Å². The van der Waals surface area contributed by atoms with Gasteiger partial charge in [0.25, 0.3) is 0 Å². The third kappa shape index (κ3) is 2.41. The van der Waals surface area contributed by atoms with Crippen LogP contribution in [0.3, 0.4) is 0 Å². The average Bonchev–Trinajstić information content (AvgIpc) is 2.81. The van der Waals surface area contributed by atoms with Crippen molar-refractivity contribution in [1.82, 2.24) is 14.8 Å². The van der Waals surface area contributed by atoms with Gasteiger partial charge in [-0.1, -0.05) is 30.3 Å². The van der Waals surface area contributed by atoms with E-state index in [-0.39, 0.29) is 12.6 Å². The third-order valence-corrected chi connectivity index (χ3v) is 2.38. The average molecular weight is 203 g/mol. The lowest BCUT2D eigenvalue weighted by Crippen LogP contribution is -2.14. The monoisotopic (exact) mass is 203 g/mol. The van der Waals surface area contributed by atoms with Crippen molar-refractivity contribution < 1.29 is 5.11 Å². The molecule has 4 nitrogen and oxygen atoms in total. The summed E-state index contributed by atoms with van der Waals surface area (Å²) in [5.74, 6) is 0. The maximum absolute atomic E-state index is 9.28. The summed E-state index contributed by atoms with van der Waals surface area (Å²) in [5, 5.41) is 16.8. The highest BCUT2D eigenvalue weighted by molar-refractivity contribution is 5.15. The quantitative estimate of drug-likeness (QED) is 0.808. The molecule has 2 rings (SSSR count). The van der Waals surface area contributed by atoms with Crippen LogP contribution in [0.5, 0.6) is 0 Å². The minimum atomic E-state index is 0.0161. The molecule has 0 aliphatic heterocycles. The Morgan fingerprint density at radius 1 is 1.13 bits per heavy atom. The number of aliphatic hydroxyl groups is 1. The predicted octanol–water partition coefficient (Wildman–Crippen LogP) is 1.05. The molecule has 0 fully saturated rings. The van der Waals surface area contributed by atoms with Crippen molar-refractivity contribution in [3.05, 3.63) is 48.5 Å². The molecule has 1 heterocycles. The zero-order valence-corrected chi connectivity index (χ0v) is 8.32. The normalized spacial score (nSPS) is 12.6.